The van der Waals surface area contributed by atoms with Gasteiger partial charge in [-0.3, -0.25) is 0 Å². The molecule has 7 heteroatoms. The summed E-state index contributed by atoms with van der Waals surface area (Å²) in [4.78, 5) is 4.23. The maximum absolute atomic E-state index is 5.94. The number of rotatable bonds is 2. The highest BCUT2D eigenvalue weighted by Gasteiger charge is 2.46. The lowest BCUT2D eigenvalue weighted by molar-refractivity contribution is 0.196. The van der Waals surface area contributed by atoms with Crippen LogP contribution in [0.5, 0.6) is 11.5 Å². The minimum Gasteiger partial charge on any atom is -0.489 e. The van der Waals surface area contributed by atoms with Crippen LogP contribution in [0.25, 0.3) is 11.4 Å². The molecule has 1 spiro atoms. The Hall–Kier alpha value is -1.60. The maximum Gasteiger partial charge on any atom is 0.240 e. The van der Waals surface area contributed by atoms with Gasteiger partial charge in [0.25, 0.3) is 0 Å². The van der Waals surface area contributed by atoms with Gasteiger partial charge in [0.15, 0.2) is 11.5 Å². The molecule has 0 amide bonds. The largest absolute Gasteiger partial charge is 0.489 e. The van der Waals surface area contributed by atoms with E-state index in [1.165, 1.54) is 0 Å². The Morgan fingerprint density at radius 2 is 2.05 bits per heavy atom. The van der Waals surface area contributed by atoms with Gasteiger partial charge in [-0.15, -0.1) is 0 Å². The minimum atomic E-state index is 0.206. The van der Waals surface area contributed by atoms with Gasteiger partial charge in [0.1, 0.15) is 0 Å². The average Bonchev–Trinajstić information content (AvgIpc) is 3.15. The molecule has 2 aliphatic rings. The van der Waals surface area contributed by atoms with Gasteiger partial charge in [-0.1, -0.05) is 5.16 Å². The van der Waals surface area contributed by atoms with Crippen LogP contribution in [0.1, 0.15) is 18.7 Å². The molecular formula is C14H14BrN3O3. The first kappa shape index (κ1) is 13.1. The van der Waals surface area contributed by atoms with E-state index in [4.69, 9.17) is 19.7 Å². The van der Waals surface area contributed by atoms with Crippen molar-refractivity contribution in [2.45, 2.75) is 19.4 Å². The van der Waals surface area contributed by atoms with Crippen molar-refractivity contribution in [2.75, 3.05) is 13.2 Å². The third-order valence-electron chi connectivity index (χ3n) is 3.92. The Morgan fingerprint density at radius 1 is 1.24 bits per heavy atom. The predicted octanol–water partition coefficient (Wildman–Crippen LogP) is 2.51. The van der Waals surface area contributed by atoms with Crippen molar-refractivity contribution < 1.29 is 14.0 Å². The van der Waals surface area contributed by atoms with Gasteiger partial charge in [-0.2, -0.15) is 4.98 Å². The molecule has 0 atom stereocenters. The van der Waals surface area contributed by atoms with Gasteiger partial charge < -0.3 is 19.7 Å². The van der Waals surface area contributed by atoms with Gasteiger partial charge >= 0.3 is 0 Å². The van der Waals surface area contributed by atoms with Crippen LogP contribution in [0.15, 0.2) is 21.1 Å². The highest BCUT2D eigenvalue weighted by molar-refractivity contribution is 9.10. The Balaban J connectivity index is 1.71. The normalized spacial score (nSPS) is 18.6. The Labute approximate surface area is 129 Å². The van der Waals surface area contributed by atoms with E-state index < -0.39 is 0 Å². The molecule has 2 N–H and O–H groups in total. The van der Waals surface area contributed by atoms with E-state index in [1.54, 1.807) is 0 Å². The third kappa shape index (κ3) is 2.30. The molecule has 0 bridgehead atoms. The highest BCUT2D eigenvalue weighted by atomic mass is 79.9. The molecule has 2 aromatic rings. The van der Waals surface area contributed by atoms with Crippen LogP contribution in [-0.2, 0) is 6.54 Å². The van der Waals surface area contributed by atoms with Crippen LogP contribution in [-0.4, -0.2) is 23.4 Å². The molecule has 21 heavy (non-hydrogen) atoms. The van der Waals surface area contributed by atoms with Crippen molar-refractivity contribution in [3.05, 3.63) is 22.5 Å². The number of nitrogens with two attached hydrogens (primary N) is 1. The van der Waals surface area contributed by atoms with Gasteiger partial charge in [-0.05, 0) is 40.9 Å². The van der Waals surface area contributed by atoms with Crippen LogP contribution in [0.4, 0.5) is 0 Å². The molecule has 2 heterocycles. The topological polar surface area (TPSA) is 83.4 Å². The molecule has 1 saturated carbocycles. The van der Waals surface area contributed by atoms with E-state index in [0.717, 1.165) is 28.6 Å². The molecule has 6 nitrogen and oxygen atoms in total. The quantitative estimate of drug-likeness (QED) is 0.894. The van der Waals surface area contributed by atoms with E-state index in [2.05, 4.69) is 26.1 Å². The number of halogens is 1. The lowest BCUT2D eigenvalue weighted by Gasteiger charge is -2.10. The van der Waals surface area contributed by atoms with E-state index in [0.29, 0.717) is 30.7 Å². The zero-order valence-corrected chi connectivity index (χ0v) is 12.9. The molecule has 0 unspecified atom stereocenters. The Morgan fingerprint density at radius 3 is 2.76 bits per heavy atom. The molecule has 0 radical (unpaired) electrons. The summed E-state index contributed by atoms with van der Waals surface area (Å²) >= 11 is 3.53. The summed E-state index contributed by atoms with van der Waals surface area (Å²) in [5.41, 5.74) is 6.50. The smallest absolute Gasteiger partial charge is 0.240 e. The zero-order chi connectivity index (χ0) is 14.4. The van der Waals surface area contributed by atoms with Crippen LogP contribution in [0.2, 0.25) is 0 Å². The average molecular weight is 352 g/mol. The molecule has 1 aliphatic carbocycles. The van der Waals surface area contributed by atoms with Crippen molar-refractivity contribution in [1.82, 2.24) is 10.1 Å². The van der Waals surface area contributed by atoms with Crippen LogP contribution in [0, 0.1) is 5.41 Å². The fourth-order valence-electron chi connectivity index (χ4n) is 2.36. The molecule has 110 valence electrons. The second kappa shape index (κ2) is 4.71. The Kier molecular flexibility index (Phi) is 2.93. The van der Waals surface area contributed by atoms with E-state index >= 15 is 0 Å². The van der Waals surface area contributed by atoms with Gasteiger partial charge in [0, 0.05) is 11.0 Å². The van der Waals surface area contributed by atoms with E-state index in [-0.39, 0.29) is 12.0 Å². The van der Waals surface area contributed by atoms with Crippen LogP contribution in [0.3, 0.4) is 0 Å². The molecule has 1 aromatic carbocycles. The molecule has 1 aromatic heterocycles. The molecule has 1 aliphatic heterocycles. The van der Waals surface area contributed by atoms with Crippen molar-refractivity contribution in [2.24, 2.45) is 11.1 Å². The minimum absolute atomic E-state index is 0.206. The summed E-state index contributed by atoms with van der Waals surface area (Å²) in [6.45, 7) is 1.62. The first-order valence-electron chi connectivity index (χ1n) is 6.81. The number of nitrogens with zero attached hydrogens (tertiary/aromatic N) is 2. The first-order valence-corrected chi connectivity index (χ1v) is 7.61. The standard InChI is InChI=1S/C14H14BrN3O3/c15-9-3-8(13-17-11(5-16)21-18-13)4-10-12(9)20-7-14(1-2-14)6-19-10/h3-4H,1-2,5-7,16H2. The summed E-state index contributed by atoms with van der Waals surface area (Å²) in [6.07, 6.45) is 2.33. The summed E-state index contributed by atoms with van der Waals surface area (Å²) in [5.74, 6) is 2.35. The van der Waals surface area contributed by atoms with Crippen LogP contribution >= 0.6 is 15.9 Å². The second-order valence-corrected chi connectivity index (χ2v) is 6.43. The molecular weight excluding hydrogens is 338 g/mol. The zero-order valence-electron chi connectivity index (χ0n) is 11.3. The second-order valence-electron chi connectivity index (χ2n) is 5.58. The van der Waals surface area contributed by atoms with E-state index in [1.807, 2.05) is 12.1 Å². The lowest BCUT2D eigenvalue weighted by atomic mass is 10.1. The summed E-state index contributed by atoms with van der Waals surface area (Å²) in [6, 6.07) is 3.78. The number of benzene rings is 1. The SMILES string of the molecule is NCc1nc(-c2cc(Br)c3c(c2)OCC2(CC2)CO3)no1. The third-order valence-corrected chi connectivity index (χ3v) is 4.51. The van der Waals surface area contributed by atoms with Crippen molar-refractivity contribution >= 4 is 15.9 Å². The number of ether oxygens (including phenoxy) is 2. The fraction of sp³-hybridized carbons (Fsp3) is 0.429. The van der Waals surface area contributed by atoms with Crippen molar-refractivity contribution in [1.29, 1.82) is 0 Å². The van der Waals surface area contributed by atoms with Gasteiger partial charge in [0.2, 0.25) is 11.7 Å². The van der Waals surface area contributed by atoms with Crippen molar-refractivity contribution in [3.8, 4) is 22.9 Å². The molecule has 1 fully saturated rings. The predicted molar refractivity (Wildman–Crippen MR) is 78.0 cm³/mol. The van der Waals surface area contributed by atoms with Gasteiger partial charge in [-0.25, -0.2) is 0 Å². The Bertz CT molecular complexity index is 697. The molecule has 0 saturated heterocycles. The fourth-order valence-corrected chi connectivity index (χ4v) is 2.92. The van der Waals surface area contributed by atoms with Crippen molar-refractivity contribution in [3.63, 3.8) is 0 Å². The summed E-state index contributed by atoms with van der Waals surface area (Å²) in [5, 5.41) is 3.93. The van der Waals surface area contributed by atoms with E-state index in [9.17, 15) is 0 Å². The molecule has 4 rings (SSSR count). The number of hydrogen-bond acceptors (Lipinski definition) is 6. The van der Waals surface area contributed by atoms with Crippen LogP contribution < -0.4 is 15.2 Å². The maximum atomic E-state index is 5.94. The lowest BCUT2D eigenvalue weighted by Crippen LogP contribution is -2.17. The van der Waals surface area contributed by atoms with Gasteiger partial charge in [0.05, 0.1) is 24.2 Å². The number of aromatic nitrogens is 2. The summed E-state index contributed by atoms with van der Waals surface area (Å²) < 4.78 is 17.7. The summed E-state index contributed by atoms with van der Waals surface area (Å²) in [7, 11) is 0. The number of hydrogen-bond donors (Lipinski definition) is 1. The monoisotopic (exact) mass is 351 g/mol. The first-order chi connectivity index (χ1) is 10.2. The number of fused-ring (bicyclic) bond motifs is 1. The highest BCUT2D eigenvalue weighted by Crippen LogP contribution is 2.50.